The van der Waals surface area contributed by atoms with Crippen LogP contribution in [0.2, 0.25) is 0 Å². The lowest BCUT2D eigenvalue weighted by molar-refractivity contribution is -0.141. The van der Waals surface area contributed by atoms with E-state index < -0.39 is 0 Å². The van der Waals surface area contributed by atoms with Gasteiger partial charge in [0.05, 0.1) is 0 Å². The topological polar surface area (TPSA) is 26.3 Å². The summed E-state index contributed by atoms with van der Waals surface area (Å²) in [5, 5.41) is 0. The van der Waals surface area contributed by atoms with Crippen LogP contribution in [-0.2, 0) is 9.53 Å². The molecule has 16 heavy (non-hydrogen) atoms. The van der Waals surface area contributed by atoms with Gasteiger partial charge in [0.25, 0.3) is 0 Å². The number of carbonyl (C=O) groups is 1. The molecule has 2 nitrogen and oxygen atoms in total. The lowest BCUT2D eigenvalue weighted by Gasteiger charge is -2.08. The van der Waals surface area contributed by atoms with Crippen molar-refractivity contribution in [1.29, 1.82) is 0 Å². The first-order valence-electron chi connectivity index (χ1n) is 6.63. The van der Waals surface area contributed by atoms with Crippen LogP contribution in [0.3, 0.4) is 0 Å². The van der Waals surface area contributed by atoms with Gasteiger partial charge in [0, 0.05) is 6.42 Å². The van der Waals surface area contributed by atoms with Gasteiger partial charge in [-0.3, -0.25) is 4.79 Å². The van der Waals surface area contributed by atoms with Gasteiger partial charge in [-0.1, -0.05) is 31.4 Å². The van der Waals surface area contributed by atoms with E-state index in [0.717, 1.165) is 12.8 Å². The summed E-state index contributed by atoms with van der Waals surface area (Å²) in [6.45, 7) is 2.07. The minimum Gasteiger partial charge on any atom is -0.462 e. The van der Waals surface area contributed by atoms with Gasteiger partial charge < -0.3 is 4.74 Å². The summed E-state index contributed by atoms with van der Waals surface area (Å²) in [5.74, 6) is -0.00338. The fourth-order valence-electron chi connectivity index (χ4n) is 2.12. The van der Waals surface area contributed by atoms with Gasteiger partial charge in [-0.15, -0.1) is 0 Å². The molecular weight excluding hydrogens is 200 g/mol. The van der Waals surface area contributed by atoms with E-state index in [-0.39, 0.29) is 12.1 Å². The van der Waals surface area contributed by atoms with Gasteiger partial charge in [-0.2, -0.15) is 0 Å². The third-order valence-corrected chi connectivity index (χ3v) is 3.10. The maximum Gasteiger partial charge on any atom is 0.306 e. The van der Waals surface area contributed by atoms with Crippen LogP contribution >= 0.6 is 0 Å². The van der Waals surface area contributed by atoms with Gasteiger partial charge in [0.2, 0.25) is 0 Å². The SMILES string of the molecule is C/C=C/CCCCCCCC1CCC(=O)O1. The first-order chi connectivity index (χ1) is 7.83. The molecule has 1 rings (SSSR count). The molecule has 0 aromatic heterocycles. The Morgan fingerprint density at radius 2 is 2.00 bits per heavy atom. The van der Waals surface area contributed by atoms with Gasteiger partial charge in [0.1, 0.15) is 6.10 Å². The summed E-state index contributed by atoms with van der Waals surface area (Å²) in [6.07, 6.45) is 14.9. The maximum absolute atomic E-state index is 10.9. The number of cyclic esters (lactones) is 1. The maximum atomic E-state index is 10.9. The lowest BCUT2D eigenvalue weighted by atomic mass is 10.1. The highest BCUT2D eigenvalue weighted by atomic mass is 16.5. The Balaban J connectivity index is 1.83. The second-order valence-electron chi connectivity index (χ2n) is 4.56. The average Bonchev–Trinajstić information content (AvgIpc) is 2.68. The molecular formula is C14H24O2. The van der Waals surface area contributed by atoms with Crippen LogP contribution in [0.1, 0.15) is 64.7 Å². The molecule has 1 aliphatic rings. The zero-order chi connectivity index (χ0) is 11.6. The van der Waals surface area contributed by atoms with Crippen LogP contribution < -0.4 is 0 Å². The summed E-state index contributed by atoms with van der Waals surface area (Å²) in [4.78, 5) is 10.9. The summed E-state index contributed by atoms with van der Waals surface area (Å²) in [5.41, 5.74) is 0. The fourth-order valence-corrected chi connectivity index (χ4v) is 2.12. The van der Waals surface area contributed by atoms with Crippen LogP contribution in [0.5, 0.6) is 0 Å². The Morgan fingerprint density at radius 3 is 2.69 bits per heavy atom. The number of esters is 1. The number of rotatable bonds is 8. The van der Waals surface area contributed by atoms with E-state index in [2.05, 4.69) is 19.1 Å². The molecule has 0 amide bonds. The van der Waals surface area contributed by atoms with E-state index in [1.807, 2.05) is 0 Å². The highest BCUT2D eigenvalue weighted by Gasteiger charge is 2.22. The fraction of sp³-hybridized carbons (Fsp3) is 0.786. The number of hydrogen-bond acceptors (Lipinski definition) is 2. The molecule has 1 fully saturated rings. The minimum absolute atomic E-state index is 0.00338. The van der Waals surface area contributed by atoms with E-state index in [1.165, 1.54) is 38.5 Å². The normalized spacial score (nSPS) is 20.6. The van der Waals surface area contributed by atoms with E-state index in [1.54, 1.807) is 0 Å². The minimum atomic E-state index is -0.00338. The standard InChI is InChI=1S/C14H24O2/c1-2-3-4-5-6-7-8-9-10-13-11-12-14(15)16-13/h2-3,13H,4-12H2,1H3/b3-2+. The Bertz CT molecular complexity index is 221. The molecule has 0 spiro atoms. The van der Waals surface area contributed by atoms with Crippen molar-refractivity contribution in [1.82, 2.24) is 0 Å². The number of carbonyl (C=O) groups excluding carboxylic acids is 1. The van der Waals surface area contributed by atoms with Crippen LogP contribution in [0.15, 0.2) is 12.2 Å². The zero-order valence-electron chi connectivity index (χ0n) is 10.4. The van der Waals surface area contributed by atoms with Crippen LogP contribution in [0, 0.1) is 0 Å². The Hall–Kier alpha value is -0.790. The third kappa shape index (κ3) is 5.94. The largest absolute Gasteiger partial charge is 0.462 e. The van der Waals surface area contributed by atoms with Gasteiger partial charge in [0.15, 0.2) is 0 Å². The monoisotopic (exact) mass is 224 g/mol. The summed E-state index contributed by atoms with van der Waals surface area (Å²) < 4.78 is 5.17. The number of ether oxygens (including phenoxy) is 1. The molecule has 1 atom stereocenters. The van der Waals surface area contributed by atoms with Gasteiger partial charge in [-0.05, 0) is 39.0 Å². The zero-order valence-corrected chi connectivity index (χ0v) is 10.4. The summed E-state index contributed by atoms with van der Waals surface area (Å²) in [7, 11) is 0. The van der Waals surface area contributed by atoms with E-state index in [9.17, 15) is 4.79 Å². The van der Waals surface area contributed by atoms with Crippen molar-refractivity contribution in [3.8, 4) is 0 Å². The molecule has 1 unspecified atom stereocenters. The molecule has 1 aliphatic heterocycles. The first kappa shape index (κ1) is 13.3. The predicted molar refractivity (Wildman–Crippen MR) is 66.2 cm³/mol. The van der Waals surface area contributed by atoms with Crippen molar-refractivity contribution in [2.45, 2.75) is 70.8 Å². The van der Waals surface area contributed by atoms with Gasteiger partial charge >= 0.3 is 5.97 Å². The molecule has 0 bridgehead atoms. The van der Waals surface area contributed by atoms with Crippen molar-refractivity contribution in [3.63, 3.8) is 0 Å². The van der Waals surface area contributed by atoms with Gasteiger partial charge in [-0.25, -0.2) is 0 Å². The van der Waals surface area contributed by atoms with Crippen LogP contribution in [0.4, 0.5) is 0 Å². The molecule has 0 aromatic rings. The molecule has 2 heteroatoms. The molecule has 0 aromatic carbocycles. The number of hydrogen-bond donors (Lipinski definition) is 0. The highest BCUT2D eigenvalue weighted by molar-refractivity contribution is 5.71. The second-order valence-corrected chi connectivity index (χ2v) is 4.56. The lowest BCUT2D eigenvalue weighted by Crippen LogP contribution is -2.06. The quantitative estimate of drug-likeness (QED) is 0.354. The predicted octanol–water partition coefficient (Wildman–Crippen LogP) is 4.00. The average molecular weight is 224 g/mol. The molecule has 0 aliphatic carbocycles. The Morgan fingerprint density at radius 1 is 1.25 bits per heavy atom. The Kier molecular flexibility index (Phi) is 6.95. The molecule has 92 valence electrons. The highest BCUT2D eigenvalue weighted by Crippen LogP contribution is 2.19. The molecule has 1 saturated heterocycles. The third-order valence-electron chi connectivity index (χ3n) is 3.10. The van der Waals surface area contributed by atoms with Crippen LogP contribution in [0.25, 0.3) is 0 Å². The smallest absolute Gasteiger partial charge is 0.306 e. The molecule has 1 heterocycles. The number of unbranched alkanes of at least 4 members (excludes halogenated alkanes) is 5. The van der Waals surface area contributed by atoms with Crippen LogP contribution in [-0.4, -0.2) is 12.1 Å². The van der Waals surface area contributed by atoms with Crippen molar-refractivity contribution in [2.75, 3.05) is 0 Å². The second kappa shape index (κ2) is 8.37. The van der Waals surface area contributed by atoms with E-state index in [0.29, 0.717) is 6.42 Å². The van der Waals surface area contributed by atoms with Crippen molar-refractivity contribution in [3.05, 3.63) is 12.2 Å². The van der Waals surface area contributed by atoms with Crippen molar-refractivity contribution in [2.24, 2.45) is 0 Å². The number of allylic oxidation sites excluding steroid dienone is 2. The van der Waals surface area contributed by atoms with Crippen molar-refractivity contribution < 1.29 is 9.53 Å². The molecule has 0 saturated carbocycles. The van der Waals surface area contributed by atoms with E-state index >= 15 is 0 Å². The Labute approximate surface area is 99.1 Å². The van der Waals surface area contributed by atoms with E-state index in [4.69, 9.17) is 4.74 Å². The summed E-state index contributed by atoms with van der Waals surface area (Å²) >= 11 is 0. The summed E-state index contributed by atoms with van der Waals surface area (Å²) in [6, 6.07) is 0. The molecule has 0 N–H and O–H groups in total. The first-order valence-corrected chi connectivity index (χ1v) is 6.63. The molecule has 0 radical (unpaired) electrons. The van der Waals surface area contributed by atoms with Crippen molar-refractivity contribution >= 4 is 5.97 Å².